The number of benzene rings is 1. The third-order valence-corrected chi connectivity index (χ3v) is 4.61. The van der Waals surface area contributed by atoms with Crippen LogP contribution in [0.15, 0.2) is 39.5 Å². The van der Waals surface area contributed by atoms with E-state index in [1.807, 2.05) is 31.2 Å². The van der Waals surface area contributed by atoms with E-state index in [0.717, 1.165) is 17.7 Å². The Morgan fingerprint density at radius 2 is 1.96 bits per heavy atom. The van der Waals surface area contributed by atoms with E-state index in [1.165, 1.54) is 13.0 Å². The highest BCUT2D eigenvalue weighted by Crippen LogP contribution is 2.32. The molecule has 0 N–H and O–H groups in total. The molecule has 1 aliphatic heterocycles. The number of nitrogens with zero attached hydrogens (tertiary/aromatic N) is 1. The molecule has 2 aromatic rings. The predicted octanol–water partition coefficient (Wildman–Crippen LogP) is 2.78. The SMILES string of the molecule is Cc1cc(=O)oc(C)c1C(=O)OC(C)C(=O)N1c2ccccc2CC1C. The van der Waals surface area contributed by atoms with Crippen molar-refractivity contribution in [3.05, 3.63) is 63.2 Å². The lowest BCUT2D eigenvalue weighted by Gasteiger charge is -2.26. The number of anilines is 1. The molecular formula is C20H21NO5. The first-order valence-corrected chi connectivity index (χ1v) is 8.53. The first kappa shape index (κ1) is 17.9. The molecule has 1 amide bonds. The summed E-state index contributed by atoms with van der Waals surface area (Å²) in [4.78, 5) is 38.4. The summed E-state index contributed by atoms with van der Waals surface area (Å²) in [7, 11) is 0. The van der Waals surface area contributed by atoms with Crippen molar-refractivity contribution in [2.45, 2.75) is 46.3 Å². The van der Waals surface area contributed by atoms with Crippen molar-refractivity contribution < 1.29 is 18.7 Å². The number of fused-ring (bicyclic) bond motifs is 1. The van der Waals surface area contributed by atoms with E-state index < -0.39 is 17.7 Å². The summed E-state index contributed by atoms with van der Waals surface area (Å²) in [5, 5.41) is 0. The van der Waals surface area contributed by atoms with Gasteiger partial charge in [-0.1, -0.05) is 18.2 Å². The van der Waals surface area contributed by atoms with Crippen molar-refractivity contribution in [1.29, 1.82) is 0 Å². The largest absolute Gasteiger partial charge is 0.449 e. The minimum atomic E-state index is -0.957. The van der Waals surface area contributed by atoms with E-state index >= 15 is 0 Å². The number of amides is 1. The highest BCUT2D eigenvalue weighted by molar-refractivity contribution is 6.01. The molecule has 3 rings (SSSR count). The summed E-state index contributed by atoms with van der Waals surface area (Å²) >= 11 is 0. The predicted molar refractivity (Wildman–Crippen MR) is 96.4 cm³/mol. The monoisotopic (exact) mass is 355 g/mol. The van der Waals surface area contributed by atoms with Gasteiger partial charge in [-0.05, 0) is 51.3 Å². The van der Waals surface area contributed by atoms with Crippen LogP contribution in [0.5, 0.6) is 0 Å². The van der Waals surface area contributed by atoms with Gasteiger partial charge in [-0.3, -0.25) is 4.79 Å². The van der Waals surface area contributed by atoms with E-state index in [4.69, 9.17) is 9.15 Å². The average Bonchev–Trinajstić information content (AvgIpc) is 2.88. The molecule has 1 aromatic heterocycles. The Balaban J connectivity index is 1.80. The Hall–Kier alpha value is -2.89. The normalized spacial score (nSPS) is 16.9. The Bertz CT molecular complexity index is 904. The topological polar surface area (TPSA) is 76.8 Å². The molecule has 0 radical (unpaired) electrons. The zero-order valence-corrected chi connectivity index (χ0v) is 15.2. The molecule has 2 unspecified atom stereocenters. The number of esters is 1. The van der Waals surface area contributed by atoms with Crippen LogP contribution in [0.1, 0.15) is 41.1 Å². The van der Waals surface area contributed by atoms with Crippen LogP contribution < -0.4 is 10.5 Å². The van der Waals surface area contributed by atoms with Crippen LogP contribution in [-0.4, -0.2) is 24.0 Å². The van der Waals surface area contributed by atoms with Crippen LogP contribution in [0.3, 0.4) is 0 Å². The molecule has 0 saturated carbocycles. The number of hydrogen-bond acceptors (Lipinski definition) is 5. The zero-order chi connectivity index (χ0) is 19.0. The third-order valence-electron chi connectivity index (χ3n) is 4.61. The van der Waals surface area contributed by atoms with Crippen molar-refractivity contribution in [3.63, 3.8) is 0 Å². The van der Waals surface area contributed by atoms with Crippen molar-refractivity contribution in [2.75, 3.05) is 4.90 Å². The standard InChI is InChI=1S/C20H21NO5/c1-11-9-17(22)25-13(3)18(11)20(24)26-14(4)19(23)21-12(2)10-15-7-5-6-8-16(15)21/h5-9,12,14H,10H2,1-4H3. The zero-order valence-electron chi connectivity index (χ0n) is 15.2. The summed E-state index contributed by atoms with van der Waals surface area (Å²) in [6.07, 6.45) is -0.188. The van der Waals surface area contributed by atoms with Gasteiger partial charge in [-0.25, -0.2) is 9.59 Å². The van der Waals surface area contributed by atoms with Gasteiger partial charge < -0.3 is 14.1 Å². The van der Waals surface area contributed by atoms with Gasteiger partial charge in [-0.2, -0.15) is 0 Å². The van der Waals surface area contributed by atoms with Crippen LogP contribution in [0.25, 0.3) is 0 Å². The third kappa shape index (κ3) is 3.14. The van der Waals surface area contributed by atoms with Gasteiger partial charge in [0.1, 0.15) is 11.3 Å². The highest BCUT2D eigenvalue weighted by atomic mass is 16.5. The maximum atomic E-state index is 12.9. The van der Waals surface area contributed by atoms with Crippen LogP contribution in [0.2, 0.25) is 0 Å². The number of ether oxygens (including phenoxy) is 1. The fourth-order valence-electron chi connectivity index (χ4n) is 3.43. The molecule has 26 heavy (non-hydrogen) atoms. The molecule has 0 aliphatic carbocycles. The molecule has 2 heterocycles. The van der Waals surface area contributed by atoms with Gasteiger partial charge in [0.25, 0.3) is 5.91 Å². The second kappa shape index (κ2) is 6.78. The molecule has 1 aliphatic rings. The fraction of sp³-hybridized carbons (Fsp3) is 0.350. The molecule has 136 valence electrons. The van der Waals surface area contributed by atoms with Gasteiger partial charge in [-0.15, -0.1) is 0 Å². The first-order chi connectivity index (χ1) is 12.3. The number of aryl methyl sites for hydroxylation is 2. The van der Waals surface area contributed by atoms with Gasteiger partial charge in [0.05, 0.1) is 0 Å². The lowest BCUT2D eigenvalue weighted by atomic mass is 10.1. The molecular weight excluding hydrogens is 334 g/mol. The van der Waals surface area contributed by atoms with Gasteiger partial charge in [0.15, 0.2) is 6.10 Å². The molecule has 0 saturated heterocycles. The minimum absolute atomic E-state index is 0.000675. The molecule has 0 fully saturated rings. The summed E-state index contributed by atoms with van der Waals surface area (Å²) in [5.74, 6) is -0.771. The number of rotatable bonds is 3. The Kier molecular flexibility index (Phi) is 4.68. The van der Waals surface area contributed by atoms with Crippen LogP contribution in [0.4, 0.5) is 5.69 Å². The minimum Gasteiger partial charge on any atom is -0.449 e. The van der Waals surface area contributed by atoms with Crippen molar-refractivity contribution >= 4 is 17.6 Å². The summed E-state index contributed by atoms with van der Waals surface area (Å²) < 4.78 is 10.3. The molecule has 0 bridgehead atoms. The second-order valence-corrected chi connectivity index (χ2v) is 6.62. The van der Waals surface area contributed by atoms with Crippen molar-refractivity contribution in [1.82, 2.24) is 0 Å². The van der Waals surface area contributed by atoms with Gasteiger partial charge in [0, 0.05) is 17.8 Å². The van der Waals surface area contributed by atoms with Crippen LogP contribution in [-0.2, 0) is 16.0 Å². The van der Waals surface area contributed by atoms with Gasteiger partial charge in [0.2, 0.25) is 0 Å². The Morgan fingerprint density at radius 1 is 1.27 bits per heavy atom. The summed E-state index contributed by atoms with van der Waals surface area (Å²) in [5.41, 5.74) is 2.07. The lowest BCUT2D eigenvalue weighted by Crippen LogP contribution is -2.43. The van der Waals surface area contributed by atoms with Crippen molar-refractivity contribution in [3.8, 4) is 0 Å². The molecule has 1 aromatic carbocycles. The Labute approximate surface area is 151 Å². The van der Waals surface area contributed by atoms with E-state index in [1.54, 1.807) is 18.7 Å². The quantitative estimate of drug-likeness (QED) is 0.791. The van der Waals surface area contributed by atoms with Crippen molar-refractivity contribution in [2.24, 2.45) is 0 Å². The molecule has 6 heteroatoms. The number of para-hydroxylation sites is 1. The maximum Gasteiger partial charge on any atom is 0.342 e. The van der Waals surface area contributed by atoms with E-state index in [2.05, 4.69) is 0 Å². The molecule has 6 nitrogen and oxygen atoms in total. The fourth-order valence-corrected chi connectivity index (χ4v) is 3.43. The summed E-state index contributed by atoms with van der Waals surface area (Å²) in [6.45, 7) is 6.67. The van der Waals surface area contributed by atoms with E-state index in [-0.39, 0.29) is 23.3 Å². The van der Waals surface area contributed by atoms with E-state index in [0.29, 0.717) is 5.56 Å². The average molecular weight is 355 g/mol. The number of hydrogen-bond donors (Lipinski definition) is 0. The van der Waals surface area contributed by atoms with Gasteiger partial charge >= 0.3 is 11.6 Å². The second-order valence-electron chi connectivity index (χ2n) is 6.62. The van der Waals surface area contributed by atoms with Crippen LogP contribution in [0, 0.1) is 13.8 Å². The smallest absolute Gasteiger partial charge is 0.342 e. The maximum absolute atomic E-state index is 12.9. The number of carbonyl (C=O) groups excluding carboxylic acids is 2. The Morgan fingerprint density at radius 3 is 2.65 bits per heavy atom. The molecule has 2 atom stereocenters. The first-order valence-electron chi connectivity index (χ1n) is 8.53. The van der Waals surface area contributed by atoms with Crippen LogP contribution >= 0.6 is 0 Å². The summed E-state index contributed by atoms with van der Waals surface area (Å²) in [6, 6.07) is 8.94. The van der Waals surface area contributed by atoms with E-state index in [9.17, 15) is 14.4 Å². The lowest BCUT2D eigenvalue weighted by molar-refractivity contribution is -0.126. The highest BCUT2D eigenvalue weighted by Gasteiger charge is 2.35. The number of carbonyl (C=O) groups is 2. The molecule has 0 spiro atoms.